The monoisotopic (exact) mass is 302 g/mol. The maximum absolute atomic E-state index is 11.9. The molecular weight excluding hydrogens is 284 g/mol. The first kappa shape index (κ1) is 13.9. The zero-order valence-corrected chi connectivity index (χ0v) is 12.7. The summed E-state index contributed by atoms with van der Waals surface area (Å²) < 4.78 is 1.00. The van der Waals surface area contributed by atoms with Crippen LogP contribution in [0, 0.1) is 11.3 Å². The van der Waals surface area contributed by atoms with Crippen molar-refractivity contribution in [3.63, 3.8) is 0 Å². The predicted octanol–water partition coefficient (Wildman–Crippen LogP) is 5.16. The predicted molar refractivity (Wildman–Crippen MR) is 74.2 cm³/mol. The lowest BCUT2D eigenvalue weighted by molar-refractivity contribution is 0.0958. The van der Waals surface area contributed by atoms with Gasteiger partial charge in [0.15, 0.2) is 5.78 Å². The van der Waals surface area contributed by atoms with E-state index in [9.17, 15) is 4.79 Å². The van der Waals surface area contributed by atoms with E-state index in [0.717, 1.165) is 15.8 Å². The van der Waals surface area contributed by atoms with Crippen LogP contribution < -0.4 is 0 Å². The zero-order chi connectivity index (χ0) is 12.3. The lowest BCUT2D eigenvalue weighted by Gasteiger charge is -2.22. The molecule has 1 atom stereocenters. The number of Topliss-reactive ketones (excluding diaryl/α,β-unsaturated/α-hetero) is 1. The van der Waals surface area contributed by atoms with Gasteiger partial charge in [-0.3, -0.25) is 4.79 Å². The summed E-state index contributed by atoms with van der Waals surface area (Å²) in [5, 5.41) is 1.96. The van der Waals surface area contributed by atoms with Crippen molar-refractivity contribution in [2.75, 3.05) is 0 Å². The molecule has 1 heterocycles. The minimum Gasteiger partial charge on any atom is -0.293 e. The Hall–Kier alpha value is -0.150. The molecule has 0 bridgehead atoms. The average molecular weight is 303 g/mol. The van der Waals surface area contributed by atoms with Gasteiger partial charge in [-0.1, -0.05) is 27.7 Å². The van der Waals surface area contributed by atoms with E-state index < -0.39 is 0 Å². The number of carbonyl (C=O) groups is 1. The van der Waals surface area contributed by atoms with Crippen LogP contribution in [0.4, 0.5) is 0 Å². The van der Waals surface area contributed by atoms with Crippen LogP contribution in [0.3, 0.4) is 0 Å². The van der Waals surface area contributed by atoms with Crippen molar-refractivity contribution in [1.82, 2.24) is 0 Å². The van der Waals surface area contributed by atoms with Gasteiger partial charge in [0.1, 0.15) is 0 Å². The second-order valence-corrected chi connectivity index (χ2v) is 7.45. The molecule has 3 heteroatoms. The lowest BCUT2D eigenvalue weighted by Crippen LogP contribution is -2.14. The number of hydrogen-bond donors (Lipinski definition) is 0. The van der Waals surface area contributed by atoms with Gasteiger partial charge < -0.3 is 0 Å². The van der Waals surface area contributed by atoms with Crippen LogP contribution in [-0.4, -0.2) is 5.78 Å². The summed E-state index contributed by atoms with van der Waals surface area (Å²) in [7, 11) is 0. The smallest absolute Gasteiger partial charge is 0.173 e. The number of halogens is 1. The van der Waals surface area contributed by atoms with E-state index >= 15 is 0 Å². The number of carbonyl (C=O) groups excluding carboxylic acids is 1. The molecule has 16 heavy (non-hydrogen) atoms. The molecule has 0 aliphatic rings. The Labute approximate surface area is 110 Å². The van der Waals surface area contributed by atoms with E-state index in [0.29, 0.717) is 17.8 Å². The molecule has 90 valence electrons. The second kappa shape index (κ2) is 5.46. The van der Waals surface area contributed by atoms with Crippen molar-refractivity contribution in [2.24, 2.45) is 11.3 Å². The molecule has 0 N–H and O–H groups in total. The lowest BCUT2D eigenvalue weighted by atomic mass is 9.83. The number of ketones is 1. The molecule has 0 aliphatic heterocycles. The van der Waals surface area contributed by atoms with E-state index in [4.69, 9.17) is 0 Å². The van der Waals surface area contributed by atoms with Gasteiger partial charge in [-0.25, -0.2) is 0 Å². The largest absolute Gasteiger partial charge is 0.293 e. The molecule has 0 amide bonds. The Kier molecular flexibility index (Phi) is 4.74. The maximum atomic E-state index is 11.9. The molecule has 1 rings (SSSR count). The third kappa shape index (κ3) is 4.79. The van der Waals surface area contributed by atoms with E-state index in [2.05, 4.69) is 43.6 Å². The Morgan fingerprint density at radius 1 is 1.50 bits per heavy atom. The molecule has 1 unspecified atom stereocenters. The van der Waals surface area contributed by atoms with Gasteiger partial charge in [-0.2, -0.15) is 0 Å². The highest BCUT2D eigenvalue weighted by molar-refractivity contribution is 9.10. The molecule has 0 saturated heterocycles. The SMILES string of the molecule is CC(CC(=O)c1cc(Br)cs1)CC(C)(C)C. The molecular formula is C13H19BrOS. The fourth-order valence-corrected chi connectivity index (χ4v) is 3.37. The van der Waals surface area contributed by atoms with Crippen molar-refractivity contribution >= 4 is 33.0 Å². The third-order valence-corrected chi connectivity index (χ3v) is 4.07. The molecule has 0 aromatic carbocycles. The number of rotatable bonds is 4. The first-order valence-corrected chi connectivity index (χ1v) is 7.22. The van der Waals surface area contributed by atoms with Crippen molar-refractivity contribution < 1.29 is 4.79 Å². The van der Waals surface area contributed by atoms with Gasteiger partial charge in [0, 0.05) is 16.3 Å². The first-order chi connectivity index (χ1) is 7.28. The molecule has 1 aromatic heterocycles. The highest BCUT2D eigenvalue weighted by Crippen LogP contribution is 2.28. The van der Waals surface area contributed by atoms with Crippen LogP contribution in [0.25, 0.3) is 0 Å². The van der Waals surface area contributed by atoms with Crippen LogP contribution in [0.15, 0.2) is 15.9 Å². The topological polar surface area (TPSA) is 17.1 Å². The average Bonchev–Trinajstić information content (AvgIpc) is 2.47. The highest BCUT2D eigenvalue weighted by Gasteiger charge is 2.19. The van der Waals surface area contributed by atoms with Gasteiger partial charge in [-0.15, -0.1) is 11.3 Å². The third-order valence-electron chi connectivity index (χ3n) is 2.34. The normalized spacial score (nSPS) is 13.8. The van der Waals surface area contributed by atoms with Gasteiger partial charge in [0.2, 0.25) is 0 Å². The minimum atomic E-state index is 0.271. The quantitative estimate of drug-likeness (QED) is 0.702. The number of hydrogen-bond acceptors (Lipinski definition) is 2. The van der Waals surface area contributed by atoms with E-state index in [-0.39, 0.29) is 5.78 Å². The Morgan fingerprint density at radius 3 is 2.56 bits per heavy atom. The van der Waals surface area contributed by atoms with Gasteiger partial charge in [0.25, 0.3) is 0 Å². The van der Waals surface area contributed by atoms with Crippen LogP contribution in [0.5, 0.6) is 0 Å². The zero-order valence-electron chi connectivity index (χ0n) is 10.3. The number of thiophene rings is 1. The highest BCUT2D eigenvalue weighted by atomic mass is 79.9. The Bertz CT molecular complexity index is 362. The molecule has 0 spiro atoms. The van der Waals surface area contributed by atoms with Crippen molar-refractivity contribution in [1.29, 1.82) is 0 Å². The van der Waals surface area contributed by atoms with Crippen molar-refractivity contribution in [3.8, 4) is 0 Å². The molecule has 0 saturated carbocycles. The fourth-order valence-electron chi connectivity index (χ4n) is 1.99. The van der Waals surface area contributed by atoms with E-state index in [1.54, 1.807) is 0 Å². The van der Waals surface area contributed by atoms with E-state index in [1.807, 2.05) is 11.4 Å². The molecule has 0 aliphatic carbocycles. The van der Waals surface area contributed by atoms with Crippen LogP contribution in [-0.2, 0) is 0 Å². The fraction of sp³-hybridized carbons (Fsp3) is 0.615. The molecule has 0 radical (unpaired) electrons. The van der Waals surface area contributed by atoms with Crippen molar-refractivity contribution in [2.45, 2.75) is 40.5 Å². The summed E-state index contributed by atoms with van der Waals surface area (Å²) in [5.74, 6) is 0.723. The summed E-state index contributed by atoms with van der Waals surface area (Å²) >= 11 is 4.89. The Morgan fingerprint density at radius 2 is 2.12 bits per heavy atom. The standard InChI is InChI=1S/C13H19BrOS/c1-9(7-13(2,3)4)5-11(15)12-6-10(14)8-16-12/h6,8-9H,5,7H2,1-4H3. The van der Waals surface area contributed by atoms with Gasteiger partial charge in [-0.05, 0) is 39.8 Å². The molecule has 1 aromatic rings. The Balaban J connectivity index is 2.52. The maximum Gasteiger partial charge on any atom is 0.173 e. The van der Waals surface area contributed by atoms with Crippen LogP contribution in [0.2, 0.25) is 0 Å². The van der Waals surface area contributed by atoms with E-state index in [1.165, 1.54) is 11.3 Å². The summed E-state index contributed by atoms with van der Waals surface area (Å²) in [6.45, 7) is 8.81. The summed E-state index contributed by atoms with van der Waals surface area (Å²) in [5.41, 5.74) is 0.301. The van der Waals surface area contributed by atoms with Crippen LogP contribution in [0.1, 0.15) is 50.2 Å². The van der Waals surface area contributed by atoms with Gasteiger partial charge >= 0.3 is 0 Å². The summed E-state index contributed by atoms with van der Waals surface area (Å²) in [4.78, 5) is 12.8. The molecule has 0 fully saturated rings. The first-order valence-electron chi connectivity index (χ1n) is 5.55. The van der Waals surface area contributed by atoms with Gasteiger partial charge in [0.05, 0.1) is 4.88 Å². The van der Waals surface area contributed by atoms with Crippen LogP contribution >= 0.6 is 27.3 Å². The molecule has 1 nitrogen and oxygen atoms in total. The van der Waals surface area contributed by atoms with Crippen molar-refractivity contribution in [3.05, 3.63) is 20.8 Å². The summed E-state index contributed by atoms with van der Waals surface area (Å²) in [6, 6.07) is 1.91. The second-order valence-electron chi connectivity index (χ2n) is 5.63. The summed E-state index contributed by atoms with van der Waals surface area (Å²) in [6.07, 6.45) is 1.75. The minimum absolute atomic E-state index is 0.271.